The van der Waals surface area contributed by atoms with Crippen molar-refractivity contribution in [1.29, 1.82) is 0 Å². The second kappa shape index (κ2) is 7.87. The quantitative estimate of drug-likeness (QED) is 0.453. The highest BCUT2D eigenvalue weighted by atomic mass is 19.1. The number of piperazine rings is 1. The van der Waals surface area contributed by atoms with E-state index in [2.05, 4.69) is 34.4 Å². The molecule has 2 heterocycles. The van der Waals surface area contributed by atoms with Gasteiger partial charge in [-0.15, -0.1) is 0 Å². The van der Waals surface area contributed by atoms with Crippen LogP contribution in [0.1, 0.15) is 18.4 Å². The van der Waals surface area contributed by atoms with Crippen molar-refractivity contribution in [2.45, 2.75) is 25.3 Å². The number of nitrogens with one attached hydrogen (secondary N) is 1. The molecule has 2 aliphatic rings. The van der Waals surface area contributed by atoms with Gasteiger partial charge < -0.3 is 15.1 Å². The zero-order valence-corrected chi connectivity index (χ0v) is 19.0. The van der Waals surface area contributed by atoms with Gasteiger partial charge in [0.05, 0.1) is 22.9 Å². The van der Waals surface area contributed by atoms with E-state index in [1.165, 1.54) is 17.8 Å². The van der Waals surface area contributed by atoms with Crippen LogP contribution in [0.5, 0.6) is 0 Å². The molecule has 172 valence electrons. The number of aromatic nitrogens is 2. The van der Waals surface area contributed by atoms with E-state index >= 15 is 0 Å². The van der Waals surface area contributed by atoms with Crippen LogP contribution in [0.3, 0.4) is 0 Å². The van der Waals surface area contributed by atoms with Crippen LogP contribution >= 0.6 is 0 Å². The van der Waals surface area contributed by atoms with Crippen LogP contribution in [0.15, 0.2) is 72.9 Å². The predicted octanol–water partition coefficient (Wildman–Crippen LogP) is 5.36. The van der Waals surface area contributed by atoms with Crippen molar-refractivity contribution in [2.75, 3.05) is 29.9 Å². The van der Waals surface area contributed by atoms with Gasteiger partial charge in [-0.3, -0.25) is 0 Å². The molecule has 1 aromatic heterocycles. The fourth-order valence-corrected chi connectivity index (χ4v) is 5.08. The first-order valence-corrected chi connectivity index (χ1v) is 11.7. The maximum Gasteiger partial charge on any atom is 0.322 e. The normalized spacial score (nSPS) is 16.8. The number of rotatable bonds is 3. The second-order valence-electron chi connectivity index (χ2n) is 9.32. The Labute approximate surface area is 197 Å². The van der Waals surface area contributed by atoms with Gasteiger partial charge in [-0.1, -0.05) is 18.2 Å². The summed E-state index contributed by atoms with van der Waals surface area (Å²) < 4.78 is 15.2. The molecule has 7 heteroatoms. The van der Waals surface area contributed by atoms with E-state index in [1.807, 2.05) is 46.1 Å². The lowest BCUT2D eigenvalue weighted by Gasteiger charge is -2.43. The van der Waals surface area contributed by atoms with Gasteiger partial charge in [0.25, 0.3) is 0 Å². The Balaban J connectivity index is 1.24. The lowest BCUT2D eigenvalue weighted by Crippen LogP contribution is -2.58. The van der Waals surface area contributed by atoms with Crippen LogP contribution in [0, 0.1) is 12.7 Å². The largest absolute Gasteiger partial charge is 0.367 e. The van der Waals surface area contributed by atoms with Gasteiger partial charge in [-0.25, -0.2) is 13.9 Å². The third-order valence-corrected chi connectivity index (χ3v) is 7.05. The summed E-state index contributed by atoms with van der Waals surface area (Å²) in [7, 11) is 0. The fraction of sp³-hybridized carbons (Fsp3) is 0.259. The number of aryl methyl sites for hydroxylation is 1. The molecule has 2 fully saturated rings. The van der Waals surface area contributed by atoms with E-state index in [0.717, 1.165) is 53.8 Å². The van der Waals surface area contributed by atoms with Gasteiger partial charge in [0.1, 0.15) is 5.82 Å². The predicted molar refractivity (Wildman–Crippen MR) is 132 cm³/mol. The minimum absolute atomic E-state index is 0.0175. The Morgan fingerprint density at radius 1 is 1.03 bits per heavy atom. The molecular formula is C27H26FN5O. The average molecular weight is 456 g/mol. The third-order valence-electron chi connectivity index (χ3n) is 7.05. The summed E-state index contributed by atoms with van der Waals surface area (Å²) >= 11 is 0. The summed E-state index contributed by atoms with van der Waals surface area (Å²) in [5.41, 5.74) is 4.89. The van der Waals surface area contributed by atoms with E-state index < -0.39 is 0 Å². The number of carbonyl (C=O) groups excluding carboxylic acids is 1. The molecule has 1 spiro atoms. The van der Waals surface area contributed by atoms with Crippen molar-refractivity contribution in [1.82, 2.24) is 14.7 Å². The number of anilines is 2. The Morgan fingerprint density at radius 3 is 2.53 bits per heavy atom. The summed E-state index contributed by atoms with van der Waals surface area (Å²) in [5.74, 6) is -0.260. The van der Waals surface area contributed by atoms with Gasteiger partial charge in [-0.05, 0) is 73.9 Å². The lowest BCUT2D eigenvalue weighted by atomic mass is 10.1. The average Bonchev–Trinajstić information content (AvgIpc) is 3.48. The van der Waals surface area contributed by atoms with Crippen LogP contribution in [0.25, 0.3) is 16.6 Å². The van der Waals surface area contributed by atoms with Crippen molar-refractivity contribution in [2.24, 2.45) is 0 Å². The second-order valence-corrected chi connectivity index (χ2v) is 9.32. The number of hydrogen-bond donors (Lipinski definition) is 1. The zero-order valence-electron chi connectivity index (χ0n) is 19.0. The Bertz CT molecular complexity index is 1360. The van der Waals surface area contributed by atoms with E-state index in [4.69, 9.17) is 0 Å². The van der Waals surface area contributed by atoms with Gasteiger partial charge in [-0.2, -0.15) is 5.10 Å². The van der Waals surface area contributed by atoms with Gasteiger partial charge >= 0.3 is 6.03 Å². The molecule has 34 heavy (non-hydrogen) atoms. The van der Waals surface area contributed by atoms with Crippen molar-refractivity contribution < 1.29 is 9.18 Å². The van der Waals surface area contributed by atoms with Crippen molar-refractivity contribution >= 4 is 28.3 Å². The number of benzene rings is 3. The van der Waals surface area contributed by atoms with Gasteiger partial charge in [0.2, 0.25) is 0 Å². The van der Waals surface area contributed by atoms with Crippen LogP contribution in [0.4, 0.5) is 20.6 Å². The first-order valence-electron chi connectivity index (χ1n) is 11.7. The van der Waals surface area contributed by atoms with E-state index in [1.54, 1.807) is 12.1 Å². The smallest absolute Gasteiger partial charge is 0.322 e. The third kappa shape index (κ3) is 3.57. The number of fused-ring (bicyclic) bond motifs is 1. The molecule has 6 nitrogen and oxygen atoms in total. The molecule has 0 radical (unpaired) electrons. The minimum Gasteiger partial charge on any atom is -0.367 e. The summed E-state index contributed by atoms with van der Waals surface area (Å²) in [6.07, 6.45) is 3.91. The maximum absolute atomic E-state index is 13.4. The maximum atomic E-state index is 13.4. The highest BCUT2D eigenvalue weighted by molar-refractivity contribution is 5.91. The lowest BCUT2D eigenvalue weighted by molar-refractivity contribution is 0.169. The molecule has 2 amide bonds. The van der Waals surface area contributed by atoms with E-state index in [0.29, 0.717) is 6.54 Å². The molecule has 0 bridgehead atoms. The summed E-state index contributed by atoms with van der Waals surface area (Å²) in [6, 6.07) is 20.3. The Hall–Kier alpha value is -3.87. The number of amides is 2. The first-order chi connectivity index (χ1) is 16.5. The van der Waals surface area contributed by atoms with E-state index in [-0.39, 0.29) is 17.4 Å². The van der Waals surface area contributed by atoms with Crippen LogP contribution in [-0.2, 0) is 0 Å². The van der Waals surface area contributed by atoms with Crippen molar-refractivity contribution in [3.8, 4) is 5.69 Å². The van der Waals surface area contributed by atoms with Crippen molar-refractivity contribution in [3.05, 3.63) is 84.3 Å². The zero-order chi connectivity index (χ0) is 23.3. The molecule has 1 N–H and O–H groups in total. The van der Waals surface area contributed by atoms with Crippen LogP contribution in [0.2, 0.25) is 0 Å². The molecule has 1 saturated carbocycles. The number of urea groups is 1. The number of halogens is 1. The molecule has 6 rings (SSSR count). The summed E-state index contributed by atoms with van der Waals surface area (Å²) in [6.45, 7) is 4.41. The van der Waals surface area contributed by atoms with Crippen LogP contribution in [-0.4, -0.2) is 45.9 Å². The number of nitrogens with zero attached hydrogens (tertiary/aromatic N) is 4. The highest BCUT2D eigenvalue weighted by Gasteiger charge is 2.53. The minimum atomic E-state index is -0.260. The Morgan fingerprint density at radius 2 is 1.79 bits per heavy atom. The first kappa shape index (κ1) is 20.7. The van der Waals surface area contributed by atoms with Gasteiger partial charge in [0.15, 0.2) is 0 Å². The standard InChI is InChI=1S/C27H26FN5O/c1-19-15-25-20(17-29-33(25)23-9-7-21(28)8-10-23)16-24(19)31-13-14-32(27(18-31)11-12-27)26(34)30-22-5-3-2-4-6-22/h2-10,15-17H,11-14,18H2,1H3,(H,30,34). The molecule has 0 unspecified atom stereocenters. The molecule has 1 aliphatic carbocycles. The number of para-hydroxylation sites is 1. The van der Waals surface area contributed by atoms with Crippen molar-refractivity contribution in [3.63, 3.8) is 0 Å². The Kier molecular flexibility index (Phi) is 4.79. The topological polar surface area (TPSA) is 53.4 Å². The number of hydrogen-bond acceptors (Lipinski definition) is 3. The monoisotopic (exact) mass is 455 g/mol. The van der Waals surface area contributed by atoms with Gasteiger partial charge in [0, 0.05) is 36.4 Å². The molecular weight excluding hydrogens is 429 g/mol. The summed E-state index contributed by atoms with van der Waals surface area (Å²) in [5, 5.41) is 8.65. The molecule has 1 aliphatic heterocycles. The number of carbonyl (C=O) groups is 1. The molecule has 3 aromatic carbocycles. The molecule has 0 atom stereocenters. The van der Waals surface area contributed by atoms with E-state index in [9.17, 15) is 9.18 Å². The molecule has 4 aromatic rings. The SMILES string of the molecule is Cc1cc2c(cnn2-c2ccc(F)cc2)cc1N1CCN(C(=O)Nc2ccccc2)C2(CC2)C1. The highest BCUT2D eigenvalue weighted by Crippen LogP contribution is 2.46. The molecule has 1 saturated heterocycles. The fourth-order valence-electron chi connectivity index (χ4n) is 5.08. The van der Waals surface area contributed by atoms with Crippen LogP contribution < -0.4 is 10.2 Å². The summed E-state index contributed by atoms with van der Waals surface area (Å²) in [4.78, 5) is 17.5.